The van der Waals surface area contributed by atoms with Gasteiger partial charge in [-0.2, -0.15) is 0 Å². The van der Waals surface area contributed by atoms with Crippen molar-refractivity contribution in [3.63, 3.8) is 0 Å². The molecule has 0 heterocycles. The number of hydrogen-bond acceptors (Lipinski definition) is 3. The SMILES string of the molecule is CC[C@H](C)c1ccc(O)c(N=Cc2cc(Cc3ccccc3Cl)cc(Br)c2O)c1. The highest BCUT2D eigenvalue weighted by Gasteiger charge is 2.10. The third-order valence-corrected chi connectivity index (χ3v) is 6.00. The highest BCUT2D eigenvalue weighted by molar-refractivity contribution is 9.10. The van der Waals surface area contributed by atoms with E-state index in [1.807, 2.05) is 48.5 Å². The van der Waals surface area contributed by atoms with E-state index in [2.05, 4.69) is 34.8 Å². The average Bonchev–Trinajstić information content (AvgIpc) is 2.71. The number of phenolic OH excluding ortho intramolecular Hbond substituents is 2. The van der Waals surface area contributed by atoms with Crippen molar-refractivity contribution in [2.45, 2.75) is 32.6 Å². The largest absolute Gasteiger partial charge is 0.506 e. The number of benzene rings is 3. The molecule has 0 saturated heterocycles. The Morgan fingerprint density at radius 2 is 1.86 bits per heavy atom. The maximum absolute atomic E-state index is 10.4. The molecular formula is C24H23BrClNO2. The molecule has 150 valence electrons. The molecule has 0 aliphatic rings. The Balaban J connectivity index is 1.93. The van der Waals surface area contributed by atoms with Crippen LogP contribution in [-0.4, -0.2) is 16.4 Å². The van der Waals surface area contributed by atoms with E-state index in [9.17, 15) is 10.2 Å². The standard InChI is InChI=1S/C24H23BrClNO2/c1-3-15(2)17-8-9-23(28)22(13-17)27-14-19-11-16(12-20(25)24(19)29)10-18-6-4-5-7-21(18)26/h4-9,11-15,28-29H,3,10H2,1-2H3/t15-/m0/s1. The zero-order valence-electron chi connectivity index (χ0n) is 16.4. The number of hydrogen-bond donors (Lipinski definition) is 2. The lowest BCUT2D eigenvalue weighted by molar-refractivity contribution is 0.470. The maximum atomic E-state index is 10.4. The lowest BCUT2D eigenvalue weighted by Gasteiger charge is -2.11. The first kappa shape index (κ1) is 21.4. The van der Waals surface area contributed by atoms with Gasteiger partial charge >= 0.3 is 0 Å². The number of halogens is 2. The summed E-state index contributed by atoms with van der Waals surface area (Å²) < 4.78 is 0.584. The van der Waals surface area contributed by atoms with Crippen LogP contribution in [-0.2, 0) is 6.42 Å². The predicted molar refractivity (Wildman–Crippen MR) is 124 cm³/mol. The highest BCUT2D eigenvalue weighted by Crippen LogP contribution is 2.33. The minimum atomic E-state index is 0.106. The van der Waals surface area contributed by atoms with E-state index >= 15 is 0 Å². The van der Waals surface area contributed by atoms with E-state index in [1.165, 1.54) is 0 Å². The Kier molecular flexibility index (Phi) is 6.99. The van der Waals surface area contributed by atoms with Crippen LogP contribution in [0, 0.1) is 0 Å². The van der Waals surface area contributed by atoms with Crippen LogP contribution >= 0.6 is 27.5 Å². The molecule has 3 rings (SSSR count). The predicted octanol–water partition coefficient (Wildman–Crippen LogP) is 7.37. The summed E-state index contributed by atoms with van der Waals surface area (Å²) in [6.07, 6.45) is 3.21. The molecule has 0 bridgehead atoms. The Morgan fingerprint density at radius 1 is 1.10 bits per heavy atom. The van der Waals surface area contributed by atoms with E-state index in [0.717, 1.165) is 23.1 Å². The van der Waals surface area contributed by atoms with Gasteiger partial charge in [-0.05, 0) is 81.7 Å². The summed E-state index contributed by atoms with van der Waals surface area (Å²) >= 11 is 9.70. The number of rotatable bonds is 6. The third-order valence-electron chi connectivity index (χ3n) is 5.03. The van der Waals surface area contributed by atoms with Gasteiger partial charge in [0.2, 0.25) is 0 Å². The van der Waals surface area contributed by atoms with Gasteiger partial charge in [0.05, 0.1) is 4.47 Å². The molecule has 0 unspecified atom stereocenters. The van der Waals surface area contributed by atoms with Crippen LogP contribution in [0.3, 0.4) is 0 Å². The topological polar surface area (TPSA) is 52.8 Å². The number of nitrogens with zero attached hydrogens (tertiary/aromatic N) is 1. The van der Waals surface area contributed by atoms with Gasteiger partial charge in [-0.3, -0.25) is 4.99 Å². The number of aliphatic imine (C=N–C) groups is 1. The van der Waals surface area contributed by atoms with Crippen molar-refractivity contribution >= 4 is 39.4 Å². The molecule has 0 fully saturated rings. The van der Waals surface area contributed by atoms with Gasteiger partial charge in [-0.25, -0.2) is 0 Å². The minimum absolute atomic E-state index is 0.106. The van der Waals surface area contributed by atoms with Gasteiger partial charge in [0, 0.05) is 16.8 Å². The molecule has 29 heavy (non-hydrogen) atoms. The summed E-state index contributed by atoms with van der Waals surface area (Å²) in [5.74, 6) is 0.597. The van der Waals surface area contributed by atoms with Crippen LogP contribution in [0.4, 0.5) is 5.69 Å². The summed E-state index contributed by atoms with van der Waals surface area (Å²) in [5.41, 5.74) is 4.16. The van der Waals surface area contributed by atoms with Crippen LogP contribution in [0.5, 0.6) is 11.5 Å². The van der Waals surface area contributed by atoms with E-state index in [-0.39, 0.29) is 11.5 Å². The minimum Gasteiger partial charge on any atom is -0.506 e. The van der Waals surface area contributed by atoms with E-state index in [4.69, 9.17) is 11.6 Å². The van der Waals surface area contributed by atoms with Crippen molar-refractivity contribution in [1.29, 1.82) is 0 Å². The third kappa shape index (κ3) is 5.20. The van der Waals surface area contributed by atoms with Crippen LogP contribution in [0.15, 0.2) is 64.1 Å². The van der Waals surface area contributed by atoms with E-state index < -0.39 is 0 Å². The smallest absolute Gasteiger partial charge is 0.141 e. The normalized spacial score (nSPS) is 12.4. The van der Waals surface area contributed by atoms with E-state index in [1.54, 1.807) is 12.3 Å². The molecule has 3 nitrogen and oxygen atoms in total. The summed E-state index contributed by atoms with van der Waals surface area (Å²) in [6, 6.07) is 16.9. The Labute approximate surface area is 184 Å². The second-order valence-corrected chi connectivity index (χ2v) is 8.36. The van der Waals surface area contributed by atoms with Gasteiger partial charge in [0.15, 0.2) is 0 Å². The molecule has 2 N–H and O–H groups in total. The van der Waals surface area contributed by atoms with Gasteiger partial charge in [0.1, 0.15) is 17.2 Å². The van der Waals surface area contributed by atoms with Crippen LogP contribution in [0.1, 0.15) is 48.4 Å². The van der Waals surface area contributed by atoms with Gasteiger partial charge in [0.25, 0.3) is 0 Å². The second-order valence-electron chi connectivity index (χ2n) is 7.10. The van der Waals surface area contributed by atoms with Crippen molar-refractivity contribution in [2.75, 3.05) is 0 Å². The monoisotopic (exact) mass is 471 g/mol. The van der Waals surface area contributed by atoms with Crippen LogP contribution in [0.25, 0.3) is 0 Å². The molecule has 5 heteroatoms. The zero-order chi connectivity index (χ0) is 21.0. The molecule has 0 radical (unpaired) electrons. The molecule has 0 aliphatic carbocycles. The number of phenols is 2. The Bertz CT molecular complexity index is 1050. The van der Waals surface area contributed by atoms with Crippen molar-refractivity contribution in [3.05, 3.63) is 86.3 Å². The lowest BCUT2D eigenvalue weighted by atomic mass is 9.98. The Hall–Kier alpha value is -2.30. The molecule has 0 amide bonds. The molecular weight excluding hydrogens is 450 g/mol. The van der Waals surface area contributed by atoms with Crippen molar-refractivity contribution in [3.8, 4) is 11.5 Å². The Morgan fingerprint density at radius 3 is 2.59 bits per heavy atom. The fourth-order valence-corrected chi connectivity index (χ4v) is 3.79. The quantitative estimate of drug-likeness (QED) is 0.368. The molecule has 3 aromatic rings. The fraction of sp³-hybridized carbons (Fsp3) is 0.208. The summed E-state index contributed by atoms with van der Waals surface area (Å²) in [7, 11) is 0. The van der Waals surface area contributed by atoms with Gasteiger partial charge in [-0.15, -0.1) is 0 Å². The molecule has 0 aromatic heterocycles. The molecule has 1 atom stereocenters. The van der Waals surface area contributed by atoms with E-state index in [0.29, 0.717) is 33.1 Å². The van der Waals surface area contributed by atoms with Crippen molar-refractivity contribution in [2.24, 2.45) is 4.99 Å². The fourth-order valence-electron chi connectivity index (χ4n) is 3.07. The average molecular weight is 473 g/mol. The molecule has 0 spiro atoms. The number of aromatic hydroxyl groups is 2. The highest BCUT2D eigenvalue weighted by atomic mass is 79.9. The molecule has 0 saturated carbocycles. The lowest BCUT2D eigenvalue weighted by Crippen LogP contribution is -1.93. The first-order valence-corrected chi connectivity index (χ1v) is 10.7. The van der Waals surface area contributed by atoms with Crippen LogP contribution in [0.2, 0.25) is 5.02 Å². The first-order chi connectivity index (χ1) is 13.9. The summed E-state index contributed by atoms with van der Waals surface area (Å²) in [5, 5.41) is 21.3. The first-order valence-electron chi connectivity index (χ1n) is 9.50. The zero-order valence-corrected chi connectivity index (χ0v) is 18.7. The molecule has 0 aliphatic heterocycles. The maximum Gasteiger partial charge on any atom is 0.141 e. The van der Waals surface area contributed by atoms with Crippen molar-refractivity contribution < 1.29 is 10.2 Å². The van der Waals surface area contributed by atoms with Gasteiger partial charge in [-0.1, -0.05) is 49.7 Å². The molecule has 3 aromatic carbocycles. The van der Waals surface area contributed by atoms with Crippen LogP contribution < -0.4 is 0 Å². The summed E-state index contributed by atoms with van der Waals surface area (Å²) in [4.78, 5) is 4.44. The van der Waals surface area contributed by atoms with Gasteiger partial charge < -0.3 is 10.2 Å². The van der Waals surface area contributed by atoms with Crippen molar-refractivity contribution in [1.82, 2.24) is 0 Å². The summed E-state index contributed by atoms with van der Waals surface area (Å²) in [6.45, 7) is 4.27. The second kappa shape index (κ2) is 9.47.